The Hall–Kier alpha value is -5.15. The molecule has 9 nitrogen and oxygen atoms in total. The lowest BCUT2D eigenvalue weighted by molar-refractivity contribution is 0.149. The van der Waals surface area contributed by atoms with E-state index in [1.807, 2.05) is 16.8 Å². The van der Waals surface area contributed by atoms with Gasteiger partial charge in [-0.25, -0.2) is 4.98 Å². The van der Waals surface area contributed by atoms with Crippen LogP contribution in [0.4, 0.5) is 5.88 Å². The van der Waals surface area contributed by atoms with Crippen LogP contribution in [0.25, 0.3) is 0 Å². The van der Waals surface area contributed by atoms with Gasteiger partial charge in [0.05, 0.1) is 25.9 Å². The number of anilines is 1. The Bertz CT molecular complexity index is 1900. The summed E-state index contributed by atoms with van der Waals surface area (Å²) in [6.45, 7) is 6.82. The van der Waals surface area contributed by atoms with Crippen molar-refractivity contribution in [3.05, 3.63) is 149 Å². The van der Waals surface area contributed by atoms with Crippen LogP contribution in [0.5, 0.6) is 5.75 Å². The van der Waals surface area contributed by atoms with Crippen molar-refractivity contribution in [3.63, 3.8) is 0 Å². The second-order valence-electron chi connectivity index (χ2n) is 12.9. The Balaban J connectivity index is 1.25. The molecule has 4 heterocycles. The number of hydrogen-bond acceptors (Lipinski definition) is 7. The quantitative estimate of drug-likeness (QED) is 0.150. The van der Waals surface area contributed by atoms with Crippen LogP contribution in [-0.4, -0.2) is 43.1 Å². The minimum Gasteiger partial charge on any atom is -0.497 e. The zero-order valence-corrected chi connectivity index (χ0v) is 28.5. The molecule has 49 heavy (non-hydrogen) atoms. The molecule has 0 saturated heterocycles. The predicted octanol–water partition coefficient (Wildman–Crippen LogP) is 7.67. The summed E-state index contributed by atoms with van der Waals surface area (Å²) in [5.74, 6) is 2.44. The first-order valence-electron chi connectivity index (χ1n) is 17.4. The fourth-order valence-corrected chi connectivity index (χ4v) is 6.78. The van der Waals surface area contributed by atoms with Crippen LogP contribution in [0, 0.1) is 0 Å². The van der Waals surface area contributed by atoms with Crippen molar-refractivity contribution < 1.29 is 9.15 Å². The van der Waals surface area contributed by atoms with Crippen LogP contribution in [0.3, 0.4) is 0 Å². The van der Waals surface area contributed by atoms with E-state index in [1.54, 1.807) is 7.11 Å². The maximum Gasteiger partial charge on any atom is 0.220 e. The number of methoxy groups -OCH3 is 1. The molecule has 1 unspecified atom stereocenters. The molecule has 1 aliphatic heterocycles. The van der Waals surface area contributed by atoms with Gasteiger partial charge in [-0.3, -0.25) is 9.58 Å². The molecule has 0 amide bonds. The van der Waals surface area contributed by atoms with E-state index in [9.17, 15) is 0 Å². The van der Waals surface area contributed by atoms with Crippen molar-refractivity contribution in [3.8, 4) is 5.75 Å². The third-order valence-corrected chi connectivity index (χ3v) is 9.35. The Morgan fingerprint density at radius 2 is 1.53 bits per heavy atom. The Morgan fingerprint density at radius 1 is 0.796 bits per heavy atom. The SMILES string of the molecule is CCC1c2nc(Cc3ccccc3)c(o2)N(Cc2ccccc2)Cc2cn(nn2)CCCCN1Cc1cccn1Cc1ccc(OC)cc1. The van der Waals surface area contributed by atoms with Gasteiger partial charge in [0.2, 0.25) is 11.8 Å². The maximum atomic E-state index is 6.97. The number of ether oxygens (including phenoxy) is 1. The summed E-state index contributed by atoms with van der Waals surface area (Å²) < 4.78 is 16.7. The molecule has 0 N–H and O–H groups in total. The zero-order valence-electron chi connectivity index (χ0n) is 28.5. The number of nitrogens with zero attached hydrogens (tertiary/aromatic N) is 7. The van der Waals surface area contributed by atoms with E-state index < -0.39 is 0 Å². The summed E-state index contributed by atoms with van der Waals surface area (Å²) in [6, 6.07) is 33.8. The summed E-state index contributed by atoms with van der Waals surface area (Å²) in [5.41, 5.74) is 6.76. The molecular formula is C40H45N7O2. The van der Waals surface area contributed by atoms with Gasteiger partial charge in [0, 0.05) is 44.5 Å². The minimum atomic E-state index is 0.0137. The summed E-state index contributed by atoms with van der Waals surface area (Å²) in [5, 5.41) is 9.08. The lowest BCUT2D eigenvalue weighted by Gasteiger charge is -2.30. The smallest absolute Gasteiger partial charge is 0.220 e. The Labute approximate surface area is 288 Å². The van der Waals surface area contributed by atoms with Crippen LogP contribution in [0.15, 0.2) is 114 Å². The first-order chi connectivity index (χ1) is 24.1. The van der Waals surface area contributed by atoms with Crippen molar-refractivity contribution in [2.24, 2.45) is 0 Å². The highest BCUT2D eigenvalue weighted by atomic mass is 16.5. The van der Waals surface area contributed by atoms with E-state index in [2.05, 4.69) is 129 Å². The number of fused-ring (bicyclic) bond motifs is 4. The average molecular weight is 656 g/mol. The van der Waals surface area contributed by atoms with Crippen LogP contribution < -0.4 is 9.64 Å². The van der Waals surface area contributed by atoms with Crippen LogP contribution in [-0.2, 0) is 39.1 Å². The summed E-state index contributed by atoms with van der Waals surface area (Å²) in [4.78, 5) is 10.2. The van der Waals surface area contributed by atoms with E-state index in [0.29, 0.717) is 19.5 Å². The second-order valence-corrected chi connectivity index (χ2v) is 12.9. The predicted molar refractivity (Wildman–Crippen MR) is 191 cm³/mol. The molecule has 3 aromatic heterocycles. The van der Waals surface area contributed by atoms with Gasteiger partial charge in [-0.2, -0.15) is 0 Å². The largest absolute Gasteiger partial charge is 0.497 e. The zero-order chi connectivity index (χ0) is 33.4. The molecule has 0 aliphatic carbocycles. The van der Waals surface area contributed by atoms with Gasteiger partial charge in [-0.1, -0.05) is 84.9 Å². The number of aryl methyl sites for hydroxylation is 1. The van der Waals surface area contributed by atoms with E-state index in [-0.39, 0.29) is 6.04 Å². The van der Waals surface area contributed by atoms with Crippen molar-refractivity contribution in [2.75, 3.05) is 18.6 Å². The molecule has 4 bridgehead atoms. The topological polar surface area (TPSA) is 77.4 Å². The molecule has 0 fully saturated rings. The van der Waals surface area contributed by atoms with Gasteiger partial charge in [0.15, 0.2) is 0 Å². The number of rotatable bonds is 10. The highest BCUT2D eigenvalue weighted by molar-refractivity contribution is 5.45. The number of benzene rings is 3. The molecule has 9 heteroatoms. The van der Waals surface area contributed by atoms with Gasteiger partial charge >= 0.3 is 0 Å². The van der Waals surface area contributed by atoms with E-state index >= 15 is 0 Å². The molecule has 1 atom stereocenters. The minimum absolute atomic E-state index is 0.0137. The number of hydrogen-bond donors (Lipinski definition) is 0. The standard InChI is InChI=1S/C40H45N7O2/c1-3-38-39-41-37(25-31-13-6-4-7-14-31)40(49-39)46(27-32-15-8-5-9-16-32)28-34-29-47(43-42-34)24-11-10-22-45(38)30-35-17-12-23-44(35)26-33-18-20-36(48-2)21-19-33/h4-9,12-21,23,29,38H,3,10-11,22,24-28,30H2,1-2H3. The third kappa shape index (κ3) is 7.95. The van der Waals surface area contributed by atoms with Crippen molar-refractivity contribution in [1.82, 2.24) is 29.4 Å². The molecule has 0 saturated carbocycles. The van der Waals surface area contributed by atoms with Crippen LogP contribution in [0.1, 0.15) is 71.9 Å². The molecule has 3 aromatic carbocycles. The van der Waals surface area contributed by atoms with Crippen molar-refractivity contribution >= 4 is 5.88 Å². The summed E-state index contributed by atoms with van der Waals surface area (Å²) in [7, 11) is 1.70. The number of aromatic nitrogens is 5. The Kier molecular flexibility index (Phi) is 10.2. The van der Waals surface area contributed by atoms with Gasteiger partial charge in [0.1, 0.15) is 17.1 Å². The fourth-order valence-electron chi connectivity index (χ4n) is 6.78. The monoisotopic (exact) mass is 655 g/mol. The molecule has 0 spiro atoms. The lowest BCUT2D eigenvalue weighted by atomic mass is 10.1. The van der Waals surface area contributed by atoms with Crippen molar-refractivity contribution in [2.45, 2.75) is 71.4 Å². The van der Waals surface area contributed by atoms with Gasteiger partial charge < -0.3 is 18.6 Å². The third-order valence-electron chi connectivity index (χ3n) is 9.35. The fraction of sp³-hybridized carbons (Fsp3) is 0.325. The number of oxazole rings is 1. The van der Waals surface area contributed by atoms with Crippen LogP contribution >= 0.6 is 0 Å². The van der Waals surface area contributed by atoms with E-state index in [4.69, 9.17) is 14.1 Å². The highest BCUT2D eigenvalue weighted by Gasteiger charge is 2.29. The summed E-state index contributed by atoms with van der Waals surface area (Å²) in [6.07, 6.45) is 7.84. The summed E-state index contributed by atoms with van der Waals surface area (Å²) >= 11 is 0. The molecule has 6 aromatic rings. The van der Waals surface area contributed by atoms with Gasteiger partial charge in [0.25, 0.3) is 0 Å². The van der Waals surface area contributed by atoms with Crippen LogP contribution in [0.2, 0.25) is 0 Å². The molecule has 1 aliphatic rings. The Morgan fingerprint density at radius 3 is 2.29 bits per heavy atom. The highest BCUT2D eigenvalue weighted by Crippen LogP contribution is 2.34. The van der Waals surface area contributed by atoms with Gasteiger partial charge in [-0.15, -0.1) is 5.10 Å². The normalized spacial score (nSPS) is 15.6. The molecule has 252 valence electrons. The van der Waals surface area contributed by atoms with E-state index in [1.165, 1.54) is 22.4 Å². The molecule has 7 rings (SSSR count). The first kappa shape index (κ1) is 32.4. The lowest BCUT2D eigenvalue weighted by Crippen LogP contribution is -2.30. The first-order valence-corrected chi connectivity index (χ1v) is 17.4. The molecule has 0 radical (unpaired) electrons. The maximum absolute atomic E-state index is 6.97. The average Bonchev–Trinajstić information content (AvgIpc) is 3.88. The van der Waals surface area contributed by atoms with E-state index in [0.717, 1.165) is 74.4 Å². The second kappa shape index (κ2) is 15.4. The van der Waals surface area contributed by atoms with Crippen molar-refractivity contribution in [1.29, 1.82) is 0 Å². The van der Waals surface area contributed by atoms with Gasteiger partial charge in [-0.05, 0) is 66.8 Å². The molecular weight excluding hydrogens is 610 g/mol.